The van der Waals surface area contributed by atoms with E-state index in [0.717, 1.165) is 5.33 Å². The van der Waals surface area contributed by atoms with Crippen LogP contribution in [0.1, 0.15) is 11.3 Å². The highest BCUT2D eigenvalue weighted by atomic mass is 79.9. The number of hydrogen-bond acceptors (Lipinski definition) is 3. The molecule has 0 atom stereocenters. The predicted octanol–water partition coefficient (Wildman–Crippen LogP) is 6.53. The van der Waals surface area contributed by atoms with Crippen LogP contribution >= 0.6 is 49.9 Å². The standard InChI is InChI=1S/C15H13BrS3/c16-9-1-3-11-5-6-14(18-11)15-8-7-13(19-15)12-4-2-10-17-12/h2,4-8,10H,1,3,9H2. The fourth-order valence-electron chi connectivity index (χ4n) is 1.91. The number of aryl methyl sites for hydroxylation is 1. The van der Waals surface area contributed by atoms with Gasteiger partial charge in [-0.05, 0) is 48.6 Å². The average Bonchev–Trinajstić information content (AvgIpc) is 3.14. The van der Waals surface area contributed by atoms with Gasteiger partial charge in [-0.15, -0.1) is 34.0 Å². The summed E-state index contributed by atoms with van der Waals surface area (Å²) in [5, 5.41) is 3.22. The normalized spacial score (nSPS) is 11.0. The Balaban J connectivity index is 1.81. The molecule has 4 heteroatoms. The van der Waals surface area contributed by atoms with Crippen molar-refractivity contribution in [2.75, 3.05) is 5.33 Å². The van der Waals surface area contributed by atoms with Gasteiger partial charge in [-0.1, -0.05) is 22.0 Å². The van der Waals surface area contributed by atoms with Crippen LogP contribution in [0.15, 0.2) is 41.8 Å². The van der Waals surface area contributed by atoms with Crippen molar-refractivity contribution in [1.82, 2.24) is 0 Å². The first-order valence-corrected chi connectivity index (χ1v) is 9.79. The van der Waals surface area contributed by atoms with Gasteiger partial charge in [0.15, 0.2) is 0 Å². The van der Waals surface area contributed by atoms with Crippen LogP contribution in [0.3, 0.4) is 0 Å². The third-order valence-corrected chi connectivity index (χ3v) is 6.88. The molecule has 0 saturated carbocycles. The van der Waals surface area contributed by atoms with Gasteiger partial charge in [0.1, 0.15) is 0 Å². The van der Waals surface area contributed by atoms with E-state index in [-0.39, 0.29) is 0 Å². The Labute approximate surface area is 133 Å². The third kappa shape index (κ3) is 3.19. The van der Waals surface area contributed by atoms with Crippen molar-refractivity contribution in [2.45, 2.75) is 12.8 Å². The fourth-order valence-corrected chi connectivity index (χ4v) is 5.17. The molecule has 0 amide bonds. The Bertz CT molecular complexity index is 634. The molecule has 3 heterocycles. The molecular formula is C15H13BrS3. The van der Waals surface area contributed by atoms with Gasteiger partial charge in [-0.3, -0.25) is 0 Å². The Morgan fingerprint density at radius 1 is 0.842 bits per heavy atom. The molecule has 0 N–H and O–H groups in total. The lowest BCUT2D eigenvalue weighted by molar-refractivity contribution is 0.959. The molecule has 3 rings (SSSR count). The van der Waals surface area contributed by atoms with Crippen molar-refractivity contribution >= 4 is 49.9 Å². The summed E-state index contributed by atoms with van der Waals surface area (Å²) in [5.74, 6) is 0. The first-order chi connectivity index (χ1) is 9.36. The summed E-state index contributed by atoms with van der Waals surface area (Å²) in [6.07, 6.45) is 2.39. The Morgan fingerprint density at radius 3 is 2.32 bits per heavy atom. The van der Waals surface area contributed by atoms with Crippen molar-refractivity contribution in [2.24, 2.45) is 0 Å². The van der Waals surface area contributed by atoms with Crippen LogP contribution in [-0.4, -0.2) is 5.33 Å². The smallest absolute Gasteiger partial charge is 0.0449 e. The molecule has 0 nitrogen and oxygen atoms in total. The Morgan fingerprint density at radius 2 is 1.58 bits per heavy atom. The highest BCUT2D eigenvalue weighted by Crippen LogP contribution is 2.39. The van der Waals surface area contributed by atoms with E-state index in [0.29, 0.717) is 0 Å². The maximum Gasteiger partial charge on any atom is 0.0449 e. The van der Waals surface area contributed by atoms with E-state index < -0.39 is 0 Å². The van der Waals surface area contributed by atoms with Gasteiger partial charge in [0, 0.05) is 29.7 Å². The Kier molecular flexibility index (Phi) is 4.53. The maximum absolute atomic E-state index is 3.49. The fraction of sp³-hybridized carbons (Fsp3) is 0.200. The first kappa shape index (κ1) is 13.6. The summed E-state index contributed by atoms with van der Waals surface area (Å²) in [4.78, 5) is 7.02. The van der Waals surface area contributed by atoms with Gasteiger partial charge in [0.05, 0.1) is 0 Å². The second kappa shape index (κ2) is 6.35. The molecule has 98 valence electrons. The number of thiophene rings is 3. The molecular weight excluding hydrogens is 356 g/mol. The van der Waals surface area contributed by atoms with E-state index in [1.54, 1.807) is 0 Å². The van der Waals surface area contributed by atoms with Crippen LogP contribution in [0.25, 0.3) is 19.5 Å². The SMILES string of the molecule is BrCCCc1ccc(-c2ccc(-c3cccs3)s2)s1. The van der Waals surface area contributed by atoms with E-state index in [1.807, 2.05) is 34.0 Å². The van der Waals surface area contributed by atoms with Crippen molar-refractivity contribution < 1.29 is 0 Å². The third-order valence-electron chi connectivity index (χ3n) is 2.83. The molecule has 0 aliphatic rings. The largest absolute Gasteiger partial charge is 0.143 e. The first-order valence-electron chi connectivity index (χ1n) is 6.15. The van der Waals surface area contributed by atoms with Crippen LogP contribution in [0.4, 0.5) is 0 Å². The highest BCUT2D eigenvalue weighted by molar-refractivity contribution is 9.09. The van der Waals surface area contributed by atoms with Gasteiger partial charge < -0.3 is 0 Å². The van der Waals surface area contributed by atoms with E-state index >= 15 is 0 Å². The highest BCUT2D eigenvalue weighted by Gasteiger charge is 2.08. The second-order valence-corrected chi connectivity index (χ2v) is 8.19. The van der Waals surface area contributed by atoms with Gasteiger partial charge >= 0.3 is 0 Å². The van der Waals surface area contributed by atoms with E-state index in [9.17, 15) is 0 Å². The summed E-state index contributed by atoms with van der Waals surface area (Å²) in [6.45, 7) is 0. The summed E-state index contributed by atoms with van der Waals surface area (Å²) in [6, 6.07) is 13.3. The molecule has 0 radical (unpaired) electrons. The van der Waals surface area contributed by atoms with Crippen molar-refractivity contribution in [3.05, 3.63) is 46.7 Å². The van der Waals surface area contributed by atoms with E-state index in [1.165, 1.54) is 37.2 Å². The van der Waals surface area contributed by atoms with Crippen LogP contribution in [0.2, 0.25) is 0 Å². The topological polar surface area (TPSA) is 0 Å². The van der Waals surface area contributed by atoms with Gasteiger partial charge in [-0.25, -0.2) is 0 Å². The monoisotopic (exact) mass is 368 g/mol. The molecule has 19 heavy (non-hydrogen) atoms. The minimum atomic E-state index is 1.09. The lowest BCUT2D eigenvalue weighted by atomic mass is 10.3. The zero-order valence-electron chi connectivity index (χ0n) is 10.3. The summed E-state index contributed by atoms with van der Waals surface area (Å²) in [5.41, 5.74) is 0. The average molecular weight is 369 g/mol. The van der Waals surface area contributed by atoms with Crippen LogP contribution < -0.4 is 0 Å². The zero-order valence-corrected chi connectivity index (χ0v) is 14.3. The molecule has 0 unspecified atom stereocenters. The quantitative estimate of drug-likeness (QED) is 0.448. The molecule has 0 saturated heterocycles. The van der Waals surface area contributed by atoms with Crippen LogP contribution in [0.5, 0.6) is 0 Å². The summed E-state index contributed by atoms with van der Waals surface area (Å²) < 4.78 is 0. The zero-order chi connectivity index (χ0) is 13.1. The minimum absolute atomic E-state index is 1.09. The Hall–Kier alpha value is -0.420. The molecule has 0 bridgehead atoms. The van der Waals surface area contributed by atoms with Gasteiger partial charge in [0.25, 0.3) is 0 Å². The molecule has 0 spiro atoms. The van der Waals surface area contributed by atoms with Crippen molar-refractivity contribution in [3.63, 3.8) is 0 Å². The van der Waals surface area contributed by atoms with Crippen LogP contribution in [-0.2, 0) is 6.42 Å². The molecule has 0 aliphatic heterocycles. The summed E-state index contributed by atoms with van der Waals surface area (Å²) >= 11 is 9.12. The molecule has 0 fully saturated rings. The predicted molar refractivity (Wildman–Crippen MR) is 93.1 cm³/mol. The molecule has 0 aromatic carbocycles. The number of alkyl halides is 1. The second-order valence-electron chi connectivity index (χ2n) is 4.20. The van der Waals surface area contributed by atoms with E-state index in [4.69, 9.17) is 0 Å². The molecule has 0 aliphatic carbocycles. The lowest BCUT2D eigenvalue weighted by Crippen LogP contribution is -1.79. The number of hydrogen-bond donors (Lipinski definition) is 0. The minimum Gasteiger partial charge on any atom is -0.143 e. The van der Waals surface area contributed by atoms with Crippen LogP contribution in [0, 0.1) is 0 Å². The number of rotatable bonds is 5. The van der Waals surface area contributed by atoms with Gasteiger partial charge in [0.2, 0.25) is 0 Å². The molecule has 3 aromatic rings. The lowest BCUT2D eigenvalue weighted by Gasteiger charge is -1.92. The maximum atomic E-state index is 3.49. The number of halogens is 1. The molecule has 3 aromatic heterocycles. The summed E-state index contributed by atoms with van der Waals surface area (Å²) in [7, 11) is 0. The van der Waals surface area contributed by atoms with Crippen molar-refractivity contribution in [3.8, 4) is 19.5 Å². The van der Waals surface area contributed by atoms with Gasteiger partial charge in [-0.2, -0.15) is 0 Å². The van der Waals surface area contributed by atoms with E-state index in [2.05, 4.69) is 57.7 Å². The van der Waals surface area contributed by atoms with Crippen molar-refractivity contribution in [1.29, 1.82) is 0 Å².